The summed E-state index contributed by atoms with van der Waals surface area (Å²) in [6.07, 6.45) is 2.46. The number of benzene rings is 1. The summed E-state index contributed by atoms with van der Waals surface area (Å²) in [5.41, 5.74) is 0.333. The van der Waals surface area contributed by atoms with Gasteiger partial charge in [0.15, 0.2) is 0 Å². The molecule has 4 unspecified atom stereocenters. The highest BCUT2D eigenvalue weighted by atomic mass is 16.5. The van der Waals surface area contributed by atoms with Crippen molar-refractivity contribution in [2.45, 2.75) is 56.5 Å². The maximum absolute atomic E-state index is 10.5. The number of nitrogens with zero attached hydrogens (tertiary/aromatic N) is 2. The van der Waals surface area contributed by atoms with Crippen LogP contribution in [-0.2, 0) is 4.74 Å². The molecule has 0 saturated carbocycles. The van der Waals surface area contributed by atoms with Crippen LogP contribution in [0.5, 0.6) is 0 Å². The summed E-state index contributed by atoms with van der Waals surface area (Å²) in [5, 5.41) is 20.4. The second kappa shape index (κ2) is 5.76. The Morgan fingerprint density at radius 1 is 1.48 bits per heavy atom. The van der Waals surface area contributed by atoms with Crippen LogP contribution in [0.15, 0.2) is 30.3 Å². The van der Waals surface area contributed by atoms with E-state index in [1.54, 1.807) is 0 Å². The predicted molar refractivity (Wildman–Crippen MR) is 79.3 cm³/mol. The molecule has 4 atom stereocenters. The number of ether oxygens (including phenoxy) is 1. The average molecular weight is 286 g/mol. The monoisotopic (exact) mass is 286 g/mol. The Morgan fingerprint density at radius 2 is 2.24 bits per heavy atom. The molecule has 2 heterocycles. The minimum absolute atomic E-state index is 0.0511. The summed E-state index contributed by atoms with van der Waals surface area (Å²) in [5.74, 6) is 0. The van der Waals surface area contributed by atoms with Crippen LogP contribution < -0.4 is 0 Å². The zero-order valence-electron chi connectivity index (χ0n) is 12.4. The lowest BCUT2D eigenvalue weighted by Gasteiger charge is -2.47. The summed E-state index contributed by atoms with van der Waals surface area (Å²) in [7, 11) is 0. The first-order valence-corrected chi connectivity index (χ1v) is 7.77. The third kappa shape index (κ3) is 2.26. The molecular formula is C17H22N2O2. The number of rotatable bonds is 3. The van der Waals surface area contributed by atoms with Gasteiger partial charge in [-0.05, 0) is 31.2 Å². The van der Waals surface area contributed by atoms with Gasteiger partial charge in [0, 0.05) is 0 Å². The van der Waals surface area contributed by atoms with Gasteiger partial charge in [-0.3, -0.25) is 0 Å². The molecule has 2 fully saturated rings. The first-order valence-electron chi connectivity index (χ1n) is 7.77. The Balaban J connectivity index is 2.00. The van der Waals surface area contributed by atoms with Crippen LogP contribution in [0.4, 0.5) is 0 Å². The molecule has 2 aliphatic rings. The minimum atomic E-state index is -0.825. The number of hydrogen-bond donors (Lipinski definition) is 1. The second-order valence-electron chi connectivity index (χ2n) is 5.97. The Labute approximate surface area is 125 Å². The van der Waals surface area contributed by atoms with Crippen molar-refractivity contribution in [2.75, 3.05) is 6.61 Å². The molecule has 2 saturated heterocycles. The molecule has 4 heteroatoms. The topological polar surface area (TPSA) is 56.5 Å². The largest absolute Gasteiger partial charge is 0.390 e. The molecule has 0 bridgehead atoms. The van der Waals surface area contributed by atoms with Gasteiger partial charge in [-0.1, -0.05) is 37.3 Å². The van der Waals surface area contributed by atoms with Gasteiger partial charge in [0.2, 0.25) is 0 Å². The summed E-state index contributed by atoms with van der Waals surface area (Å²) >= 11 is 0. The molecule has 1 aromatic rings. The van der Waals surface area contributed by atoms with Crippen molar-refractivity contribution in [3.05, 3.63) is 35.9 Å². The molecule has 21 heavy (non-hydrogen) atoms. The summed E-state index contributed by atoms with van der Waals surface area (Å²) < 4.78 is 5.94. The standard InChI is InChI=1S/C17H22N2O2/c1-2-15(20)17(12-18)10-6-9-16-19(17)14(11-21-16)13-7-4-3-5-8-13/h3-5,7-8,14-16,20H,2,6,9-11H2,1H3. The highest BCUT2D eigenvalue weighted by Gasteiger charge is 2.54. The Morgan fingerprint density at radius 3 is 2.90 bits per heavy atom. The number of piperidine rings is 1. The highest BCUT2D eigenvalue weighted by molar-refractivity contribution is 5.25. The van der Waals surface area contributed by atoms with Crippen LogP contribution in [0, 0.1) is 11.3 Å². The Hall–Kier alpha value is -1.41. The number of hydrogen-bond acceptors (Lipinski definition) is 4. The van der Waals surface area contributed by atoms with Gasteiger partial charge >= 0.3 is 0 Å². The quantitative estimate of drug-likeness (QED) is 0.928. The fraction of sp³-hybridized carbons (Fsp3) is 0.588. The van der Waals surface area contributed by atoms with E-state index < -0.39 is 11.6 Å². The number of fused-ring (bicyclic) bond motifs is 1. The van der Waals surface area contributed by atoms with Crippen LogP contribution >= 0.6 is 0 Å². The van der Waals surface area contributed by atoms with E-state index in [1.165, 1.54) is 0 Å². The molecule has 1 N–H and O–H groups in total. The van der Waals surface area contributed by atoms with Crippen molar-refractivity contribution in [2.24, 2.45) is 0 Å². The SMILES string of the molecule is CCC(O)C1(C#N)CCCC2OCC(c3ccccc3)N21. The van der Waals surface area contributed by atoms with E-state index in [4.69, 9.17) is 4.74 Å². The van der Waals surface area contributed by atoms with Gasteiger partial charge in [-0.2, -0.15) is 5.26 Å². The molecule has 3 rings (SSSR count). The minimum Gasteiger partial charge on any atom is -0.390 e. The van der Waals surface area contributed by atoms with Crippen LogP contribution in [0.1, 0.15) is 44.2 Å². The van der Waals surface area contributed by atoms with Crippen molar-refractivity contribution < 1.29 is 9.84 Å². The van der Waals surface area contributed by atoms with E-state index >= 15 is 0 Å². The molecule has 0 aliphatic carbocycles. The number of aliphatic hydroxyl groups excluding tert-OH is 1. The van der Waals surface area contributed by atoms with E-state index in [9.17, 15) is 10.4 Å². The molecule has 1 aromatic carbocycles. The lowest BCUT2D eigenvalue weighted by Crippen LogP contribution is -2.60. The molecule has 0 radical (unpaired) electrons. The predicted octanol–water partition coefficient (Wildman–Crippen LogP) is 2.60. The van der Waals surface area contributed by atoms with E-state index in [-0.39, 0.29) is 12.3 Å². The van der Waals surface area contributed by atoms with Crippen LogP contribution in [-0.4, -0.2) is 34.5 Å². The normalized spacial score (nSPS) is 34.1. The van der Waals surface area contributed by atoms with Gasteiger partial charge in [0.25, 0.3) is 0 Å². The van der Waals surface area contributed by atoms with Crippen LogP contribution in [0.2, 0.25) is 0 Å². The van der Waals surface area contributed by atoms with E-state index in [0.717, 1.165) is 18.4 Å². The van der Waals surface area contributed by atoms with Crippen molar-refractivity contribution >= 4 is 0 Å². The van der Waals surface area contributed by atoms with E-state index in [2.05, 4.69) is 23.1 Å². The molecular weight excluding hydrogens is 264 g/mol. The van der Waals surface area contributed by atoms with E-state index in [0.29, 0.717) is 19.4 Å². The average Bonchev–Trinajstić information content (AvgIpc) is 2.99. The van der Waals surface area contributed by atoms with Crippen LogP contribution in [0.3, 0.4) is 0 Å². The van der Waals surface area contributed by atoms with Gasteiger partial charge < -0.3 is 9.84 Å². The second-order valence-corrected chi connectivity index (χ2v) is 5.97. The summed E-state index contributed by atoms with van der Waals surface area (Å²) in [4.78, 5) is 2.14. The zero-order valence-corrected chi connectivity index (χ0v) is 12.4. The third-order valence-electron chi connectivity index (χ3n) is 4.88. The Kier molecular flexibility index (Phi) is 3.99. The van der Waals surface area contributed by atoms with Gasteiger partial charge in [0.05, 0.1) is 24.8 Å². The first-order chi connectivity index (χ1) is 10.2. The molecule has 0 spiro atoms. The molecule has 0 amide bonds. The van der Waals surface area contributed by atoms with Crippen molar-refractivity contribution in [3.8, 4) is 6.07 Å². The zero-order chi connectivity index (χ0) is 14.9. The number of nitriles is 1. The maximum Gasteiger partial charge on any atom is 0.137 e. The molecule has 4 nitrogen and oxygen atoms in total. The van der Waals surface area contributed by atoms with Crippen molar-refractivity contribution in [1.82, 2.24) is 4.90 Å². The van der Waals surface area contributed by atoms with Gasteiger partial charge in [0.1, 0.15) is 11.8 Å². The van der Waals surface area contributed by atoms with E-state index in [1.807, 2.05) is 25.1 Å². The smallest absolute Gasteiger partial charge is 0.137 e. The van der Waals surface area contributed by atoms with Crippen molar-refractivity contribution in [3.63, 3.8) is 0 Å². The fourth-order valence-corrected chi connectivity index (χ4v) is 3.79. The molecule has 0 aromatic heterocycles. The van der Waals surface area contributed by atoms with Crippen molar-refractivity contribution in [1.29, 1.82) is 5.26 Å². The molecule has 2 aliphatic heterocycles. The Bertz CT molecular complexity index is 527. The van der Waals surface area contributed by atoms with Gasteiger partial charge in [-0.25, -0.2) is 4.90 Å². The lowest BCUT2D eigenvalue weighted by atomic mass is 9.80. The lowest BCUT2D eigenvalue weighted by molar-refractivity contribution is -0.0986. The highest BCUT2D eigenvalue weighted by Crippen LogP contribution is 2.45. The fourth-order valence-electron chi connectivity index (χ4n) is 3.79. The summed E-state index contributed by atoms with van der Waals surface area (Å²) in [6, 6.07) is 12.7. The number of aliphatic hydroxyl groups is 1. The van der Waals surface area contributed by atoms with Gasteiger partial charge in [-0.15, -0.1) is 0 Å². The third-order valence-corrected chi connectivity index (χ3v) is 4.88. The molecule has 112 valence electrons. The maximum atomic E-state index is 10.5. The summed E-state index contributed by atoms with van der Waals surface area (Å²) in [6.45, 7) is 2.52. The first kappa shape index (κ1) is 14.5. The van der Waals surface area contributed by atoms with Crippen LogP contribution in [0.25, 0.3) is 0 Å².